The minimum Gasteiger partial charge on any atom is -0.464 e. The van der Waals surface area contributed by atoms with Crippen molar-refractivity contribution in [2.24, 2.45) is 5.90 Å². The first-order chi connectivity index (χ1) is 4.74. The van der Waals surface area contributed by atoms with Crippen LogP contribution < -0.4 is 5.90 Å². The molecular weight excluding hydrogens is 130 g/mol. The van der Waals surface area contributed by atoms with Gasteiger partial charge in [-0.15, -0.1) is 0 Å². The van der Waals surface area contributed by atoms with Crippen molar-refractivity contribution in [3.05, 3.63) is 23.7 Å². The predicted molar refractivity (Wildman–Crippen MR) is 37.1 cm³/mol. The lowest BCUT2D eigenvalue weighted by molar-refractivity contribution is 0.0503. The molecule has 56 valence electrons. The van der Waals surface area contributed by atoms with Gasteiger partial charge in [0.05, 0.1) is 0 Å². The van der Waals surface area contributed by atoms with Gasteiger partial charge in [-0.3, -0.25) is 4.84 Å². The highest BCUT2D eigenvalue weighted by molar-refractivity contribution is 5.07. The highest BCUT2D eigenvalue weighted by atomic mass is 16.6. The number of furan rings is 1. The Labute approximate surface area is 59.7 Å². The molecule has 1 aromatic heterocycles. The molecule has 0 aromatic carbocycles. The van der Waals surface area contributed by atoms with Gasteiger partial charge in [0.25, 0.3) is 0 Å². The van der Waals surface area contributed by atoms with Gasteiger partial charge in [-0.25, -0.2) is 5.90 Å². The van der Waals surface area contributed by atoms with Gasteiger partial charge >= 0.3 is 0 Å². The second-order valence-corrected chi connectivity index (χ2v) is 2.23. The first-order valence-corrected chi connectivity index (χ1v) is 3.16. The van der Waals surface area contributed by atoms with Crippen LogP contribution in [0.2, 0.25) is 0 Å². The molecule has 1 rings (SSSR count). The fourth-order valence-corrected chi connectivity index (χ4v) is 0.739. The molecule has 0 spiro atoms. The lowest BCUT2D eigenvalue weighted by Gasteiger charge is -2.02. The van der Waals surface area contributed by atoms with E-state index in [4.69, 9.17) is 10.3 Å². The van der Waals surface area contributed by atoms with E-state index in [0.717, 1.165) is 11.5 Å². The minimum atomic E-state index is -0.159. The van der Waals surface area contributed by atoms with Crippen molar-refractivity contribution < 1.29 is 9.25 Å². The predicted octanol–water partition coefficient (Wildman–Crippen LogP) is 1.54. The summed E-state index contributed by atoms with van der Waals surface area (Å²) in [7, 11) is 0. The lowest BCUT2D eigenvalue weighted by Crippen LogP contribution is -2.03. The Morgan fingerprint density at radius 3 is 2.70 bits per heavy atom. The monoisotopic (exact) mass is 141 g/mol. The van der Waals surface area contributed by atoms with Crippen molar-refractivity contribution in [3.8, 4) is 0 Å². The molecule has 0 aliphatic carbocycles. The molecule has 10 heavy (non-hydrogen) atoms. The molecule has 2 N–H and O–H groups in total. The van der Waals surface area contributed by atoms with Gasteiger partial charge in [0.2, 0.25) is 0 Å². The van der Waals surface area contributed by atoms with E-state index in [1.807, 2.05) is 26.0 Å². The van der Waals surface area contributed by atoms with Crippen molar-refractivity contribution in [3.63, 3.8) is 0 Å². The van der Waals surface area contributed by atoms with Gasteiger partial charge in [-0.05, 0) is 26.0 Å². The molecular formula is C7H11NO2. The van der Waals surface area contributed by atoms with Crippen LogP contribution >= 0.6 is 0 Å². The van der Waals surface area contributed by atoms with E-state index >= 15 is 0 Å². The number of nitrogens with two attached hydrogens (primary N) is 1. The third-order valence-electron chi connectivity index (χ3n) is 1.37. The quantitative estimate of drug-likeness (QED) is 0.635. The molecule has 0 saturated heterocycles. The molecule has 0 amide bonds. The smallest absolute Gasteiger partial charge is 0.134 e. The van der Waals surface area contributed by atoms with Crippen molar-refractivity contribution in [1.82, 2.24) is 0 Å². The van der Waals surface area contributed by atoms with Gasteiger partial charge in [0.1, 0.15) is 17.6 Å². The first kappa shape index (κ1) is 7.31. The maximum atomic E-state index is 5.23. The van der Waals surface area contributed by atoms with Crippen LogP contribution in [0, 0.1) is 6.92 Å². The molecule has 0 fully saturated rings. The van der Waals surface area contributed by atoms with Crippen molar-refractivity contribution in [1.29, 1.82) is 0 Å². The Kier molecular flexibility index (Phi) is 2.09. The Morgan fingerprint density at radius 2 is 2.30 bits per heavy atom. The zero-order valence-corrected chi connectivity index (χ0v) is 6.13. The van der Waals surface area contributed by atoms with E-state index in [2.05, 4.69) is 4.84 Å². The van der Waals surface area contributed by atoms with Crippen LogP contribution in [0.1, 0.15) is 24.5 Å². The number of aryl methyl sites for hydroxylation is 1. The van der Waals surface area contributed by atoms with Crippen LogP contribution in [-0.2, 0) is 4.84 Å². The van der Waals surface area contributed by atoms with E-state index in [1.165, 1.54) is 0 Å². The summed E-state index contributed by atoms with van der Waals surface area (Å²) in [5.74, 6) is 6.59. The third-order valence-corrected chi connectivity index (χ3v) is 1.37. The second kappa shape index (κ2) is 2.86. The van der Waals surface area contributed by atoms with Crippen LogP contribution in [0.3, 0.4) is 0 Å². The normalized spacial score (nSPS) is 13.5. The number of hydrogen-bond acceptors (Lipinski definition) is 3. The van der Waals surface area contributed by atoms with E-state index in [9.17, 15) is 0 Å². The summed E-state index contributed by atoms with van der Waals surface area (Å²) in [5, 5.41) is 0. The molecule has 0 saturated carbocycles. The Bertz CT molecular complexity index is 207. The topological polar surface area (TPSA) is 48.4 Å². The summed E-state index contributed by atoms with van der Waals surface area (Å²) in [6, 6.07) is 3.73. The molecule has 0 aliphatic heterocycles. The molecule has 1 heterocycles. The largest absolute Gasteiger partial charge is 0.464 e. The molecule has 0 aliphatic rings. The van der Waals surface area contributed by atoms with Gasteiger partial charge in [-0.2, -0.15) is 0 Å². The summed E-state index contributed by atoms with van der Waals surface area (Å²) in [5.41, 5.74) is 0. The van der Waals surface area contributed by atoms with Crippen LogP contribution in [0.4, 0.5) is 0 Å². The standard InChI is InChI=1S/C7H11NO2/c1-5-3-4-7(9-5)6(2)10-8/h3-4,6H,8H2,1-2H3. The van der Waals surface area contributed by atoms with Crippen molar-refractivity contribution >= 4 is 0 Å². The number of rotatable bonds is 2. The van der Waals surface area contributed by atoms with Gasteiger partial charge in [0.15, 0.2) is 0 Å². The Morgan fingerprint density at radius 1 is 1.60 bits per heavy atom. The summed E-state index contributed by atoms with van der Waals surface area (Å²) in [6.07, 6.45) is -0.159. The molecule has 3 heteroatoms. The van der Waals surface area contributed by atoms with Crippen molar-refractivity contribution in [2.45, 2.75) is 20.0 Å². The van der Waals surface area contributed by atoms with Crippen LogP contribution in [0.5, 0.6) is 0 Å². The zero-order valence-electron chi connectivity index (χ0n) is 6.13. The maximum Gasteiger partial charge on any atom is 0.134 e. The van der Waals surface area contributed by atoms with Crippen LogP contribution in [0.15, 0.2) is 16.5 Å². The molecule has 1 aromatic rings. The number of hydrogen-bond donors (Lipinski definition) is 1. The van der Waals surface area contributed by atoms with Crippen LogP contribution in [0.25, 0.3) is 0 Å². The average Bonchev–Trinajstić information content (AvgIpc) is 2.34. The zero-order chi connectivity index (χ0) is 7.56. The molecule has 0 bridgehead atoms. The van der Waals surface area contributed by atoms with Crippen molar-refractivity contribution in [2.75, 3.05) is 0 Å². The fourth-order valence-electron chi connectivity index (χ4n) is 0.739. The SMILES string of the molecule is Cc1ccc(C(C)ON)o1. The highest BCUT2D eigenvalue weighted by Gasteiger charge is 2.07. The lowest BCUT2D eigenvalue weighted by atomic mass is 10.3. The second-order valence-electron chi connectivity index (χ2n) is 2.23. The fraction of sp³-hybridized carbons (Fsp3) is 0.429. The van der Waals surface area contributed by atoms with Gasteiger partial charge < -0.3 is 4.42 Å². The molecule has 1 unspecified atom stereocenters. The first-order valence-electron chi connectivity index (χ1n) is 3.16. The van der Waals surface area contributed by atoms with E-state index < -0.39 is 0 Å². The molecule has 0 radical (unpaired) electrons. The Balaban J connectivity index is 2.74. The summed E-state index contributed by atoms with van der Waals surface area (Å²) < 4.78 is 5.23. The summed E-state index contributed by atoms with van der Waals surface area (Å²) >= 11 is 0. The highest BCUT2D eigenvalue weighted by Crippen LogP contribution is 2.16. The summed E-state index contributed by atoms with van der Waals surface area (Å²) in [4.78, 5) is 4.56. The van der Waals surface area contributed by atoms with Gasteiger partial charge in [-0.1, -0.05) is 0 Å². The minimum absolute atomic E-state index is 0.159. The molecule has 1 atom stereocenters. The van der Waals surface area contributed by atoms with E-state index in [0.29, 0.717) is 0 Å². The van der Waals surface area contributed by atoms with E-state index in [1.54, 1.807) is 0 Å². The Hall–Kier alpha value is -0.800. The average molecular weight is 141 g/mol. The summed E-state index contributed by atoms with van der Waals surface area (Å²) in [6.45, 7) is 3.71. The molecule has 3 nitrogen and oxygen atoms in total. The van der Waals surface area contributed by atoms with Crippen LogP contribution in [-0.4, -0.2) is 0 Å². The van der Waals surface area contributed by atoms with E-state index in [-0.39, 0.29) is 6.10 Å². The van der Waals surface area contributed by atoms with Gasteiger partial charge in [0, 0.05) is 0 Å². The maximum absolute atomic E-state index is 5.23. The third kappa shape index (κ3) is 1.37.